The summed E-state index contributed by atoms with van der Waals surface area (Å²) >= 11 is 0. The van der Waals surface area contributed by atoms with Crippen molar-refractivity contribution >= 4 is 11.9 Å². The highest BCUT2D eigenvalue weighted by Crippen LogP contribution is 2.43. The van der Waals surface area contributed by atoms with Crippen LogP contribution in [-0.4, -0.2) is 11.9 Å². The summed E-state index contributed by atoms with van der Waals surface area (Å²) in [6.07, 6.45) is 3.30. The average molecular weight is 303 g/mol. The van der Waals surface area contributed by atoms with E-state index in [0.29, 0.717) is 0 Å². The van der Waals surface area contributed by atoms with Crippen LogP contribution in [0, 0.1) is 5.92 Å². The van der Waals surface area contributed by atoms with Gasteiger partial charge in [0.05, 0.1) is 0 Å². The maximum Gasteiger partial charge on any atom is 0.318 e. The van der Waals surface area contributed by atoms with Gasteiger partial charge in [0.1, 0.15) is 0 Å². The number of hydrogen-bond donors (Lipinski definition) is 3. The summed E-state index contributed by atoms with van der Waals surface area (Å²) in [6.45, 7) is 4.23. The molecule has 5 nitrogen and oxygen atoms in total. The van der Waals surface area contributed by atoms with Crippen molar-refractivity contribution in [2.75, 3.05) is 0 Å². The van der Waals surface area contributed by atoms with E-state index in [1.54, 1.807) is 0 Å². The molecule has 0 aliphatic heterocycles. The van der Waals surface area contributed by atoms with Crippen LogP contribution >= 0.6 is 0 Å². The van der Waals surface area contributed by atoms with E-state index in [9.17, 15) is 9.59 Å². The molecule has 1 atom stereocenters. The van der Waals surface area contributed by atoms with Crippen molar-refractivity contribution in [1.82, 2.24) is 5.32 Å². The molecule has 1 aliphatic carbocycles. The lowest BCUT2D eigenvalue weighted by molar-refractivity contribution is -0.125. The Labute approximate surface area is 131 Å². The van der Waals surface area contributed by atoms with Crippen molar-refractivity contribution in [1.29, 1.82) is 0 Å². The number of carbonyl (C=O) groups is 2. The Bertz CT molecular complexity index is 561. The first-order valence-electron chi connectivity index (χ1n) is 7.79. The minimum atomic E-state index is -0.777. The smallest absolute Gasteiger partial charge is 0.318 e. The van der Waals surface area contributed by atoms with Gasteiger partial charge >= 0.3 is 6.03 Å². The molecule has 0 aromatic heterocycles. The zero-order valence-corrected chi connectivity index (χ0v) is 13.3. The van der Waals surface area contributed by atoms with E-state index in [2.05, 4.69) is 24.4 Å². The number of amides is 3. The number of carbonyl (C=O) groups excluding carboxylic acids is 2. The molecule has 120 valence electrons. The lowest BCUT2D eigenvalue weighted by atomic mass is 9.66. The summed E-state index contributed by atoms with van der Waals surface area (Å²) in [4.78, 5) is 22.7. The fourth-order valence-electron chi connectivity index (χ4n) is 3.45. The molecule has 2 rings (SSSR count). The third kappa shape index (κ3) is 3.47. The van der Waals surface area contributed by atoms with Crippen LogP contribution in [0.2, 0.25) is 0 Å². The normalized spacial score (nSPS) is 26.2. The predicted molar refractivity (Wildman–Crippen MR) is 86.1 cm³/mol. The monoisotopic (exact) mass is 303 g/mol. The molecule has 1 aromatic rings. The van der Waals surface area contributed by atoms with E-state index in [1.165, 1.54) is 11.1 Å². The Morgan fingerprint density at radius 3 is 2.41 bits per heavy atom. The number of benzene rings is 1. The third-order valence-electron chi connectivity index (χ3n) is 4.81. The number of urea groups is 1. The number of primary amides is 1. The van der Waals surface area contributed by atoms with Crippen molar-refractivity contribution in [3.63, 3.8) is 0 Å². The largest absolute Gasteiger partial charge is 0.351 e. The molecule has 1 saturated carbocycles. The van der Waals surface area contributed by atoms with E-state index < -0.39 is 6.03 Å². The topological polar surface area (TPSA) is 98.2 Å². The molecule has 5 heteroatoms. The number of nitrogens with two attached hydrogens (primary N) is 2. The predicted octanol–water partition coefficient (Wildman–Crippen LogP) is 2.35. The minimum Gasteiger partial charge on any atom is -0.351 e. The minimum absolute atomic E-state index is 0.0103. The zero-order valence-electron chi connectivity index (χ0n) is 13.3. The van der Waals surface area contributed by atoms with E-state index >= 15 is 0 Å². The van der Waals surface area contributed by atoms with Crippen molar-refractivity contribution < 1.29 is 9.59 Å². The lowest BCUT2D eigenvalue weighted by Gasteiger charge is -2.39. The summed E-state index contributed by atoms with van der Waals surface area (Å²) in [5.74, 6) is -0.391. The Kier molecular flexibility index (Phi) is 4.86. The van der Waals surface area contributed by atoms with Gasteiger partial charge < -0.3 is 11.5 Å². The van der Waals surface area contributed by atoms with Gasteiger partial charge in [-0.2, -0.15) is 0 Å². The number of nitrogens with one attached hydrogen (secondary N) is 1. The summed E-state index contributed by atoms with van der Waals surface area (Å²) < 4.78 is 0. The van der Waals surface area contributed by atoms with Crippen molar-refractivity contribution in [2.45, 2.75) is 51.0 Å². The fraction of sp³-hybridized carbons (Fsp3) is 0.529. The van der Waals surface area contributed by atoms with Crippen LogP contribution in [-0.2, 0) is 10.2 Å². The highest BCUT2D eigenvalue weighted by molar-refractivity contribution is 5.94. The second-order valence-electron chi connectivity index (χ2n) is 6.56. The molecular weight excluding hydrogens is 278 g/mol. The Morgan fingerprint density at radius 2 is 1.86 bits per heavy atom. The molecule has 22 heavy (non-hydrogen) atoms. The Balaban J connectivity index is 2.12. The maximum atomic E-state index is 11.9. The molecule has 0 heterocycles. The molecule has 0 bridgehead atoms. The van der Waals surface area contributed by atoms with Crippen LogP contribution in [0.3, 0.4) is 0 Å². The Morgan fingerprint density at radius 1 is 1.27 bits per heavy atom. The summed E-state index contributed by atoms with van der Waals surface area (Å²) in [7, 11) is 0. The van der Waals surface area contributed by atoms with E-state index in [-0.39, 0.29) is 23.3 Å². The lowest BCUT2D eigenvalue weighted by Crippen LogP contribution is -2.42. The SMILES string of the molecule is CC(N)c1ccccc1C1(C)CCC(C(=O)NC(N)=O)CC1. The zero-order chi connectivity index (χ0) is 16.3. The van der Waals surface area contributed by atoms with Crippen LogP contribution in [0.1, 0.15) is 56.7 Å². The van der Waals surface area contributed by atoms with Gasteiger partial charge in [-0.3, -0.25) is 10.1 Å². The van der Waals surface area contributed by atoms with Crippen molar-refractivity contribution in [3.8, 4) is 0 Å². The van der Waals surface area contributed by atoms with E-state index in [4.69, 9.17) is 11.5 Å². The van der Waals surface area contributed by atoms with Gasteiger partial charge in [0, 0.05) is 12.0 Å². The van der Waals surface area contributed by atoms with Gasteiger partial charge in [0.2, 0.25) is 5.91 Å². The molecule has 0 spiro atoms. The van der Waals surface area contributed by atoms with Gasteiger partial charge in [0.15, 0.2) is 0 Å². The second-order valence-corrected chi connectivity index (χ2v) is 6.56. The molecule has 1 aliphatic rings. The van der Waals surface area contributed by atoms with Crippen LogP contribution < -0.4 is 16.8 Å². The molecule has 0 saturated heterocycles. The molecule has 0 radical (unpaired) electrons. The summed E-state index contributed by atoms with van der Waals surface area (Å²) in [5.41, 5.74) is 13.6. The molecule has 1 aromatic carbocycles. The van der Waals surface area contributed by atoms with Crippen LogP contribution in [0.15, 0.2) is 24.3 Å². The van der Waals surface area contributed by atoms with Crippen molar-refractivity contribution in [3.05, 3.63) is 35.4 Å². The summed E-state index contributed by atoms with van der Waals surface area (Å²) in [6, 6.07) is 7.49. The quantitative estimate of drug-likeness (QED) is 0.799. The van der Waals surface area contributed by atoms with E-state index in [0.717, 1.165) is 25.7 Å². The second kappa shape index (κ2) is 6.48. The van der Waals surface area contributed by atoms with Crippen molar-refractivity contribution in [2.24, 2.45) is 17.4 Å². The van der Waals surface area contributed by atoms with Crippen LogP contribution in [0.5, 0.6) is 0 Å². The maximum absolute atomic E-state index is 11.9. The van der Waals surface area contributed by atoms with Crippen LogP contribution in [0.25, 0.3) is 0 Å². The third-order valence-corrected chi connectivity index (χ3v) is 4.81. The number of rotatable bonds is 3. The summed E-state index contributed by atoms with van der Waals surface area (Å²) in [5, 5.41) is 2.19. The highest BCUT2D eigenvalue weighted by Gasteiger charge is 2.36. The Hall–Kier alpha value is -1.88. The van der Waals surface area contributed by atoms with Crippen LogP contribution in [0.4, 0.5) is 4.79 Å². The molecule has 3 amide bonds. The molecule has 1 fully saturated rings. The van der Waals surface area contributed by atoms with Gasteiger partial charge in [-0.25, -0.2) is 4.79 Å². The highest BCUT2D eigenvalue weighted by atomic mass is 16.2. The van der Waals surface area contributed by atoms with Gasteiger partial charge in [-0.15, -0.1) is 0 Å². The number of hydrogen-bond acceptors (Lipinski definition) is 3. The van der Waals surface area contributed by atoms with E-state index in [1.807, 2.05) is 19.1 Å². The first kappa shape index (κ1) is 16.5. The standard InChI is InChI=1S/C17H25N3O2/c1-11(18)13-5-3-4-6-14(13)17(2)9-7-12(8-10-17)15(21)20-16(19)22/h3-6,11-12H,7-10,18H2,1-2H3,(H3,19,20,21,22). The molecular formula is C17H25N3O2. The number of imide groups is 1. The first-order chi connectivity index (χ1) is 10.3. The average Bonchev–Trinajstić information content (AvgIpc) is 2.47. The first-order valence-corrected chi connectivity index (χ1v) is 7.79. The van der Waals surface area contributed by atoms with Gasteiger partial charge in [-0.1, -0.05) is 31.2 Å². The van der Waals surface area contributed by atoms with Gasteiger partial charge in [-0.05, 0) is 49.1 Å². The fourth-order valence-corrected chi connectivity index (χ4v) is 3.45. The molecule has 5 N–H and O–H groups in total. The molecule has 1 unspecified atom stereocenters. The van der Waals surface area contributed by atoms with Gasteiger partial charge in [0.25, 0.3) is 0 Å².